The molecule has 0 bridgehead atoms. The molecule has 158 valence electrons. The van der Waals surface area contributed by atoms with Gasteiger partial charge >= 0.3 is 0 Å². The highest BCUT2D eigenvalue weighted by Crippen LogP contribution is 2.37. The summed E-state index contributed by atoms with van der Waals surface area (Å²) in [6.45, 7) is 6.49. The number of benzene rings is 2. The highest BCUT2D eigenvalue weighted by Gasteiger charge is 2.22. The number of nitrogens with zero attached hydrogens (tertiary/aromatic N) is 1. The molecule has 0 aliphatic carbocycles. The van der Waals surface area contributed by atoms with Gasteiger partial charge in [-0.3, -0.25) is 4.90 Å². The van der Waals surface area contributed by atoms with Crippen LogP contribution in [-0.4, -0.2) is 37.7 Å². The van der Waals surface area contributed by atoms with Crippen molar-refractivity contribution in [1.82, 2.24) is 10.2 Å². The molecular weight excluding hydrogens is 459 g/mol. The summed E-state index contributed by atoms with van der Waals surface area (Å²) in [5, 5.41) is 3.91. The Labute approximate surface area is 185 Å². The lowest BCUT2D eigenvalue weighted by atomic mass is 10.1. The van der Waals surface area contributed by atoms with Gasteiger partial charge in [-0.05, 0) is 71.7 Å². The van der Waals surface area contributed by atoms with Crippen molar-refractivity contribution in [3.63, 3.8) is 0 Å². The van der Waals surface area contributed by atoms with Crippen molar-refractivity contribution in [2.75, 3.05) is 26.7 Å². The quantitative estimate of drug-likeness (QED) is 0.515. The second-order valence-electron chi connectivity index (χ2n) is 7.19. The van der Waals surface area contributed by atoms with E-state index in [0.29, 0.717) is 28.1 Å². The van der Waals surface area contributed by atoms with Gasteiger partial charge in [0.25, 0.3) is 0 Å². The maximum Gasteiger partial charge on any atom is 0.175 e. The van der Waals surface area contributed by atoms with E-state index in [1.54, 1.807) is 13.2 Å². The Balaban J connectivity index is 1.62. The summed E-state index contributed by atoms with van der Waals surface area (Å²) in [5.74, 6) is 0.879. The summed E-state index contributed by atoms with van der Waals surface area (Å²) in [6, 6.07) is 8.91. The van der Waals surface area contributed by atoms with E-state index in [1.807, 2.05) is 12.1 Å². The zero-order valence-electron chi connectivity index (χ0n) is 16.8. The molecule has 0 radical (unpaired) electrons. The third-order valence-corrected chi connectivity index (χ3v) is 6.23. The van der Waals surface area contributed by atoms with E-state index in [-0.39, 0.29) is 12.4 Å². The highest BCUT2D eigenvalue weighted by molar-refractivity contribution is 9.10. The second kappa shape index (κ2) is 10.6. The third kappa shape index (κ3) is 5.85. The van der Waals surface area contributed by atoms with E-state index in [9.17, 15) is 4.39 Å². The van der Waals surface area contributed by atoms with E-state index in [0.717, 1.165) is 29.7 Å². The normalized spacial score (nSPS) is 16.9. The molecule has 1 aliphatic rings. The molecule has 1 atom stereocenters. The van der Waals surface area contributed by atoms with Gasteiger partial charge in [0.05, 0.1) is 16.6 Å². The molecule has 0 aromatic heterocycles. The summed E-state index contributed by atoms with van der Waals surface area (Å²) in [5.41, 5.74) is 1.83. The van der Waals surface area contributed by atoms with Crippen LogP contribution in [0, 0.1) is 5.82 Å². The molecule has 1 aliphatic heterocycles. The summed E-state index contributed by atoms with van der Waals surface area (Å²) < 4.78 is 25.5. The number of hydrogen-bond donors (Lipinski definition) is 1. The SMILES string of the molecule is CCN1CCC[C@H]1CNCc1cc(Br)c(OCc2ccc(F)cc2Cl)c(OC)c1. The molecule has 0 spiro atoms. The zero-order valence-corrected chi connectivity index (χ0v) is 19.2. The van der Waals surface area contributed by atoms with Gasteiger partial charge < -0.3 is 14.8 Å². The van der Waals surface area contributed by atoms with Crippen LogP contribution in [0.4, 0.5) is 4.39 Å². The largest absolute Gasteiger partial charge is 0.493 e. The Kier molecular flexibility index (Phi) is 8.18. The molecule has 0 unspecified atom stereocenters. The lowest BCUT2D eigenvalue weighted by Gasteiger charge is -2.23. The molecule has 3 rings (SSSR count). The van der Waals surface area contributed by atoms with Crippen molar-refractivity contribution in [2.24, 2.45) is 0 Å². The molecule has 0 saturated carbocycles. The second-order valence-corrected chi connectivity index (χ2v) is 8.45. The number of nitrogens with one attached hydrogen (secondary N) is 1. The van der Waals surface area contributed by atoms with Gasteiger partial charge in [0, 0.05) is 24.7 Å². The average molecular weight is 486 g/mol. The molecule has 4 nitrogen and oxygen atoms in total. The summed E-state index contributed by atoms with van der Waals surface area (Å²) in [6.07, 6.45) is 2.54. The Morgan fingerprint density at radius 3 is 2.86 bits per heavy atom. The predicted molar refractivity (Wildman–Crippen MR) is 118 cm³/mol. The number of likely N-dealkylation sites (N-methyl/N-ethyl adjacent to an activating group) is 1. The number of hydrogen-bond acceptors (Lipinski definition) is 4. The van der Waals surface area contributed by atoms with Crippen molar-refractivity contribution in [3.05, 3.63) is 56.8 Å². The van der Waals surface area contributed by atoms with Gasteiger partial charge in [-0.15, -0.1) is 0 Å². The Morgan fingerprint density at radius 1 is 1.31 bits per heavy atom. The van der Waals surface area contributed by atoms with Crippen LogP contribution in [-0.2, 0) is 13.2 Å². The van der Waals surface area contributed by atoms with E-state index in [2.05, 4.69) is 33.1 Å². The monoisotopic (exact) mass is 484 g/mol. The minimum atomic E-state index is -0.367. The van der Waals surface area contributed by atoms with Crippen LogP contribution in [0.25, 0.3) is 0 Å². The molecule has 7 heteroatoms. The molecule has 1 fully saturated rings. The minimum Gasteiger partial charge on any atom is -0.493 e. The molecule has 0 amide bonds. The summed E-state index contributed by atoms with van der Waals surface area (Å²) in [4.78, 5) is 2.53. The lowest BCUT2D eigenvalue weighted by Crippen LogP contribution is -2.37. The number of ether oxygens (including phenoxy) is 2. The lowest BCUT2D eigenvalue weighted by molar-refractivity contribution is 0.259. The average Bonchev–Trinajstić information content (AvgIpc) is 3.15. The van der Waals surface area contributed by atoms with Crippen molar-refractivity contribution >= 4 is 27.5 Å². The molecule has 29 heavy (non-hydrogen) atoms. The molecular formula is C22H27BrClFN2O2. The molecule has 1 N–H and O–H groups in total. The van der Waals surface area contributed by atoms with E-state index in [1.165, 1.54) is 31.5 Å². The Morgan fingerprint density at radius 2 is 2.14 bits per heavy atom. The minimum absolute atomic E-state index is 0.222. The maximum atomic E-state index is 13.2. The molecule has 2 aromatic rings. The van der Waals surface area contributed by atoms with Crippen LogP contribution in [0.3, 0.4) is 0 Å². The van der Waals surface area contributed by atoms with E-state index in [4.69, 9.17) is 21.1 Å². The standard InChI is InChI=1S/C22H27BrClFN2O2/c1-3-27-8-4-5-18(27)13-26-12-15-9-19(23)22(21(10-15)28-2)29-14-16-6-7-17(25)11-20(16)24/h6-7,9-11,18,26H,3-5,8,12-14H2,1-2H3/t18-/m0/s1. The number of likely N-dealkylation sites (tertiary alicyclic amines) is 1. The third-order valence-electron chi connectivity index (χ3n) is 5.29. The summed E-state index contributed by atoms with van der Waals surface area (Å²) in [7, 11) is 1.62. The fraction of sp³-hybridized carbons (Fsp3) is 0.455. The zero-order chi connectivity index (χ0) is 20.8. The first-order chi connectivity index (χ1) is 14.0. The van der Waals surface area contributed by atoms with Crippen LogP contribution in [0.2, 0.25) is 5.02 Å². The number of halogens is 3. The van der Waals surface area contributed by atoms with Gasteiger partial charge in [-0.1, -0.05) is 24.6 Å². The predicted octanol–water partition coefficient (Wildman–Crippen LogP) is 5.40. The Bertz CT molecular complexity index is 837. The molecule has 2 aromatic carbocycles. The van der Waals surface area contributed by atoms with Gasteiger partial charge in [0.2, 0.25) is 0 Å². The molecule has 1 heterocycles. The van der Waals surface area contributed by atoms with Crippen molar-refractivity contribution in [1.29, 1.82) is 0 Å². The maximum absolute atomic E-state index is 13.2. The van der Waals surface area contributed by atoms with Gasteiger partial charge in [-0.25, -0.2) is 4.39 Å². The van der Waals surface area contributed by atoms with Crippen LogP contribution in [0.15, 0.2) is 34.8 Å². The fourth-order valence-electron chi connectivity index (χ4n) is 3.73. The Hall–Kier alpha value is -1.34. The van der Waals surface area contributed by atoms with Crippen molar-refractivity contribution in [3.8, 4) is 11.5 Å². The molecule has 1 saturated heterocycles. The topological polar surface area (TPSA) is 33.7 Å². The van der Waals surface area contributed by atoms with Gasteiger partial charge in [0.1, 0.15) is 12.4 Å². The van der Waals surface area contributed by atoms with Crippen molar-refractivity contribution < 1.29 is 13.9 Å². The van der Waals surface area contributed by atoms with Gasteiger partial charge in [-0.2, -0.15) is 0 Å². The van der Waals surface area contributed by atoms with Crippen LogP contribution in [0.5, 0.6) is 11.5 Å². The summed E-state index contributed by atoms with van der Waals surface area (Å²) >= 11 is 9.68. The smallest absolute Gasteiger partial charge is 0.175 e. The first kappa shape index (κ1) is 22.3. The number of methoxy groups -OCH3 is 1. The van der Waals surface area contributed by atoms with Crippen LogP contribution < -0.4 is 14.8 Å². The van der Waals surface area contributed by atoms with Crippen LogP contribution in [0.1, 0.15) is 30.9 Å². The first-order valence-corrected chi connectivity index (χ1v) is 11.1. The van der Waals surface area contributed by atoms with E-state index >= 15 is 0 Å². The van der Waals surface area contributed by atoms with E-state index < -0.39 is 0 Å². The highest BCUT2D eigenvalue weighted by atomic mass is 79.9. The number of rotatable bonds is 9. The van der Waals surface area contributed by atoms with Gasteiger partial charge in [0.15, 0.2) is 11.5 Å². The van der Waals surface area contributed by atoms with Crippen molar-refractivity contribution in [2.45, 2.75) is 39.0 Å². The first-order valence-electron chi connectivity index (χ1n) is 9.89. The fourth-order valence-corrected chi connectivity index (χ4v) is 4.56. The van der Waals surface area contributed by atoms with Crippen LogP contribution >= 0.6 is 27.5 Å².